The van der Waals surface area contributed by atoms with Crippen LogP contribution in [0.1, 0.15) is 11.3 Å². The van der Waals surface area contributed by atoms with Gasteiger partial charge in [-0.25, -0.2) is 0 Å². The normalized spacial score (nSPS) is 11.0. The van der Waals surface area contributed by atoms with E-state index in [1.54, 1.807) is 7.11 Å². The van der Waals surface area contributed by atoms with Crippen LogP contribution in [-0.4, -0.2) is 17.3 Å². The summed E-state index contributed by atoms with van der Waals surface area (Å²) in [5.74, 6) is 1.43. The van der Waals surface area contributed by atoms with Gasteiger partial charge in [0.15, 0.2) is 5.76 Å². The zero-order valence-corrected chi connectivity index (χ0v) is 14.9. The maximum atomic E-state index is 12.2. The Kier molecular flexibility index (Phi) is 4.72. The first-order valence-electron chi connectivity index (χ1n) is 8.65. The van der Waals surface area contributed by atoms with Crippen molar-refractivity contribution in [3.8, 4) is 17.0 Å². The molecule has 136 valence electrons. The number of fused-ring (bicyclic) bond motifs is 1. The standard InChI is InChI=1S/C21H19N3O3/c1-26-20-9-5-3-7-17(20)19-11-16(27-24-19)13-22-12-15-10-14-6-2-4-8-18(14)23-21(15)25/h2-11,22H,12-13H2,1H3,(H,23,25). The Morgan fingerprint density at radius 3 is 2.78 bits per heavy atom. The first-order chi connectivity index (χ1) is 13.2. The molecule has 0 amide bonds. The lowest BCUT2D eigenvalue weighted by atomic mass is 10.1. The number of nitrogens with zero attached hydrogens (tertiary/aromatic N) is 1. The number of nitrogens with one attached hydrogen (secondary N) is 2. The molecule has 0 bridgehead atoms. The average molecular weight is 361 g/mol. The number of pyridine rings is 1. The van der Waals surface area contributed by atoms with Gasteiger partial charge in [-0.3, -0.25) is 4.79 Å². The summed E-state index contributed by atoms with van der Waals surface area (Å²) >= 11 is 0. The molecule has 2 aromatic heterocycles. The van der Waals surface area contributed by atoms with Crippen molar-refractivity contribution in [2.75, 3.05) is 7.11 Å². The zero-order valence-electron chi connectivity index (χ0n) is 14.9. The van der Waals surface area contributed by atoms with E-state index in [0.717, 1.165) is 22.2 Å². The Balaban J connectivity index is 1.45. The molecule has 0 aliphatic carbocycles. The predicted molar refractivity (Wildman–Crippen MR) is 104 cm³/mol. The number of aromatic nitrogens is 2. The second-order valence-electron chi connectivity index (χ2n) is 6.19. The van der Waals surface area contributed by atoms with Gasteiger partial charge in [-0.1, -0.05) is 35.5 Å². The van der Waals surface area contributed by atoms with Gasteiger partial charge in [0, 0.05) is 29.3 Å². The lowest BCUT2D eigenvalue weighted by Gasteiger charge is -2.04. The highest BCUT2D eigenvalue weighted by atomic mass is 16.5. The topological polar surface area (TPSA) is 80.1 Å². The van der Waals surface area contributed by atoms with Crippen molar-refractivity contribution in [1.82, 2.24) is 15.5 Å². The molecule has 27 heavy (non-hydrogen) atoms. The van der Waals surface area contributed by atoms with E-state index in [2.05, 4.69) is 15.5 Å². The van der Waals surface area contributed by atoms with Gasteiger partial charge >= 0.3 is 0 Å². The van der Waals surface area contributed by atoms with Crippen molar-refractivity contribution in [2.45, 2.75) is 13.1 Å². The summed E-state index contributed by atoms with van der Waals surface area (Å²) in [4.78, 5) is 15.1. The molecule has 0 saturated heterocycles. The van der Waals surface area contributed by atoms with Gasteiger partial charge in [-0.05, 0) is 29.7 Å². The fraction of sp³-hybridized carbons (Fsp3) is 0.143. The van der Waals surface area contributed by atoms with Crippen LogP contribution in [0.25, 0.3) is 22.2 Å². The Labute approximate surface area is 155 Å². The second kappa shape index (κ2) is 7.47. The van der Waals surface area contributed by atoms with Crippen molar-refractivity contribution in [1.29, 1.82) is 0 Å². The first kappa shape index (κ1) is 17.1. The molecule has 0 aliphatic heterocycles. The Morgan fingerprint density at radius 1 is 1.07 bits per heavy atom. The summed E-state index contributed by atoms with van der Waals surface area (Å²) < 4.78 is 10.8. The maximum Gasteiger partial charge on any atom is 0.252 e. The third kappa shape index (κ3) is 3.61. The van der Waals surface area contributed by atoms with Gasteiger partial charge in [0.05, 0.1) is 13.7 Å². The molecule has 4 rings (SSSR count). The van der Waals surface area contributed by atoms with Crippen LogP contribution in [0, 0.1) is 0 Å². The van der Waals surface area contributed by atoms with E-state index in [9.17, 15) is 4.79 Å². The molecule has 0 radical (unpaired) electrons. The number of hydrogen-bond acceptors (Lipinski definition) is 5. The predicted octanol–water partition coefficient (Wildman–Crippen LogP) is 3.48. The van der Waals surface area contributed by atoms with Crippen LogP contribution < -0.4 is 15.6 Å². The molecule has 4 aromatic rings. The van der Waals surface area contributed by atoms with E-state index in [0.29, 0.717) is 30.1 Å². The molecule has 6 nitrogen and oxygen atoms in total. The van der Waals surface area contributed by atoms with E-state index in [1.165, 1.54) is 0 Å². The van der Waals surface area contributed by atoms with Crippen molar-refractivity contribution >= 4 is 10.9 Å². The number of benzene rings is 2. The number of aromatic amines is 1. The minimum Gasteiger partial charge on any atom is -0.496 e. The highest BCUT2D eigenvalue weighted by Gasteiger charge is 2.11. The molecule has 0 saturated carbocycles. The van der Waals surface area contributed by atoms with Gasteiger partial charge in [-0.2, -0.15) is 0 Å². The van der Waals surface area contributed by atoms with Gasteiger partial charge < -0.3 is 19.6 Å². The van der Waals surface area contributed by atoms with E-state index in [4.69, 9.17) is 9.26 Å². The molecular weight excluding hydrogens is 342 g/mol. The number of para-hydroxylation sites is 2. The van der Waals surface area contributed by atoms with Crippen LogP contribution in [0.5, 0.6) is 5.75 Å². The van der Waals surface area contributed by atoms with Gasteiger partial charge in [0.2, 0.25) is 0 Å². The van der Waals surface area contributed by atoms with Crippen molar-refractivity contribution < 1.29 is 9.26 Å². The summed E-state index contributed by atoms with van der Waals surface area (Å²) in [6.07, 6.45) is 0. The Hall–Kier alpha value is -3.38. The third-order valence-electron chi connectivity index (χ3n) is 4.39. The minimum atomic E-state index is -0.0894. The molecule has 2 N–H and O–H groups in total. The van der Waals surface area contributed by atoms with Crippen LogP contribution in [0.2, 0.25) is 0 Å². The summed E-state index contributed by atoms with van der Waals surface area (Å²) in [6, 6.07) is 19.1. The largest absolute Gasteiger partial charge is 0.496 e. The molecule has 6 heteroatoms. The van der Waals surface area contributed by atoms with Crippen molar-refractivity contribution in [3.63, 3.8) is 0 Å². The molecule has 0 aliphatic rings. The number of methoxy groups -OCH3 is 1. The van der Waals surface area contributed by atoms with Crippen molar-refractivity contribution in [2.24, 2.45) is 0 Å². The molecule has 0 unspecified atom stereocenters. The highest BCUT2D eigenvalue weighted by molar-refractivity contribution is 5.78. The van der Waals surface area contributed by atoms with Crippen LogP contribution in [0.4, 0.5) is 0 Å². The first-order valence-corrected chi connectivity index (χ1v) is 8.65. The number of ether oxygens (including phenoxy) is 1. The van der Waals surface area contributed by atoms with Gasteiger partial charge in [-0.15, -0.1) is 0 Å². The zero-order chi connectivity index (χ0) is 18.6. The summed E-state index contributed by atoms with van der Waals surface area (Å²) in [7, 11) is 1.63. The van der Waals surface area contributed by atoms with Crippen LogP contribution in [-0.2, 0) is 13.1 Å². The fourth-order valence-corrected chi connectivity index (χ4v) is 3.02. The monoisotopic (exact) mass is 361 g/mol. The summed E-state index contributed by atoms with van der Waals surface area (Å²) in [5.41, 5.74) is 3.02. The molecule has 0 atom stereocenters. The van der Waals surface area contributed by atoms with E-state index in [1.807, 2.05) is 60.7 Å². The fourth-order valence-electron chi connectivity index (χ4n) is 3.02. The Morgan fingerprint density at radius 2 is 1.89 bits per heavy atom. The Bertz CT molecular complexity index is 1130. The highest BCUT2D eigenvalue weighted by Crippen LogP contribution is 2.28. The van der Waals surface area contributed by atoms with Crippen LogP contribution in [0.3, 0.4) is 0 Å². The quantitative estimate of drug-likeness (QED) is 0.550. The lowest BCUT2D eigenvalue weighted by molar-refractivity contribution is 0.373. The minimum absolute atomic E-state index is 0.0894. The lowest BCUT2D eigenvalue weighted by Crippen LogP contribution is -2.20. The molecular formula is C21H19N3O3. The number of H-pyrrole nitrogens is 1. The summed E-state index contributed by atoms with van der Waals surface area (Å²) in [6.45, 7) is 0.902. The smallest absolute Gasteiger partial charge is 0.252 e. The van der Waals surface area contributed by atoms with Crippen LogP contribution >= 0.6 is 0 Å². The molecule has 0 spiro atoms. The number of rotatable bonds is 6. The average Bonchev–Trinajstić information content (AvgIpc) is 3.17. The maximum absolute atomic E-state index is 12.2. The van der Waals surface area contributed by atoms with E-state index >= 15 is 0 Å². The van der Waals surface area contributed by atoms with E-state index < -0.39 is 0 Å². The SMILES string of the molecule is COc1ccccc1-c1cc(CNCc2cc3ccccc3[nH]c2=O)on1. The van der Waals surface area contributed by atoms with Crippen molar-refractivity contribution in [3.05, 3.63) is 82.3 Å². The van der Waals surface area contributed by atoms with Gasteiger partial charge in [0.1, 0.15) is 11.4 Å². The second-order valence-corrected chi connectivity index (χ2v) is 6.19. The summed E-state index contributed by atoms with van der Waals surface area (Å²) in [5, 5.41) is 8.35. The number of hydrogen-bond donors (Lipinski definition) is 2. The van der Waals surface area contributed by atoms with Gasteiger partial charge in [0.25, 0.3) is 5.56 Å². The van der Waals surface area contributed by atoms with Crippen LogP contribution in [0.15, 0.2) is 70.0 Å². The molecule has 2 aromatic carbocycles. The third-order valence-corrected chi connectivity index (χ3v) is 4.39. The molecule has 2 heterocycles. The molecule has 0 fully saturated rings. The van der Waals surface area contributed by atoms with E-state index in [-0.39, 0.29) is 5.56 Å².